The number of rotatable bonds is 4. The predicted molar refractivity (Wildman–Crippen MR) is 38.5 cm³/mol. The van der Waals surface area contributed by atoms with Crippen molar-refractivity contribution in [2.75, 3.05) is 13.2 Å². The summed E-state index contributed by atoms with van der Waals surface area (Å²) in [5.74, 6) is -0.580. The van der Waals surface area contributed by atoms with Crippen LogP contribution in [0.15, 0.2) is 0 Å². The van der Waals surface area contributed by atoms with Crippen LogP contribution in [0.4, 0.5) is 0 Å². The molecule has 8 heteroatoms. The summed E-state index contributed by atoms with van der Waals surface area (Å²) >= 11 is 0. The topological polar surface area (TPSA) is 101 Å². The van der Waals surface area contributed by atoms with E-state index in [1.165, 1.54) is 0 Å². The molecular formula is C5H11NNaO5P. The van der Waals surface area contributed by atoms with Crippen molar-refractivity contribution < 1.29 is 53.9 Å². The molecule has 0 bridgehead atoms. The molecule has 13 heavy (non-hydrogen) atoms. The second-order valence-electron chi connectivity index (χ2n) is 2.38. The molecule has 0 fully saturated rings. The van der Waals surface area contributed by atoms with Crippen LogP contribution in [-0.2, 0) is 9.36 Å². The van der Waals surface area contributed by atoms with E-state index in [9.17, 15) is 14.3 Å². The third kappa shape index (κ3) is 10.5. The zero-order valence-corrected chi connectivity index (χ0v) is 10.5. The van der Waals surface area contributed by atoms with Crippen molar-refractivity contribution in [2.24, 2.45) is 0 Å². The molecule has 0 radical (unpaired) electrons. The van der Waals surface area contributed by atoms with Crippen LogP contribution in [0.1, 0.15) is 12.8 Å². The summed E-state index contributed by atoms with van der Waals surface area (Å²) in [6, 6.07) is 0. The average Bonchev–Trinajstić information content (AvgIpc) is 1.84. The molecule has 72 valence electrons. The second kappa shape index (κ2) is 6.95. The SMILES string of the molecule is CN(O)C(=O)CCCP(=O)([O-])O.[Na+]. The smallest absolute Gasteiger partial charge is 0.779 e. The van der Waals surface area contributed by atoms with Gasteiger partial charge in [0.2, 0.25) is 5.91 Å². The third-order valence-corrected chi connectivity index (χ3v) is 2.07. The van der Waals surface area contributed by atoms with Crippen LogP contribution in [0.3, 0.4) is 0 Å². The minimum absolute atomic E-state index is 0. The van der Waals surface area contributed by atoms with E-state index in [1.54, 1.807) is 0 Å². The van der Waals surface area contributed by atoms with Crippen molar-refractivity contribution in [1.82, 2.24) is 5.06 Å². The van der Waals surface area contributed by atoms with E-state index in [2.05, 4.69) is 0 Å². The Morgan fingerprint density at radius 3 is 2.38 bits per heavy atom. The van der Waals surface area contributed by atoms with Gasteiger partial charge in [0, 0.05) is 19.6 Å². The van der Waals surface area contributed by atoms with Crippen molar-refractivity contribution in [3.8, 4) is 0 Å². The minimum atomic E-state index is -4.25. The molecule has 6 nitrogen and oxygen atoms in total. The van der Waals surface area contributed by atoms with Crippen LogP contribution < -0.4 is 34.5 Å². The molecule has 0 spiro atoms. The van der Waals surface area contributed by atoms with Gasteiger partial charge in [-0.2, -0.15) is 0 Å². The van der Waals surface area contributed by atoms with E-state index in [1.807, 2.05) is 0 Å². The molecule has 0 saturated heterocycles. The van der Waals surface area contributed by atoms with Gasteiger partial charge in [-0.05, 0) is 6.42 Å². The molecule has 1 unspecified atom stereocenters. The maximum absolute atomic E-state index is 10.6. The maximum atomic E-state index is 10.6. The van der Waals surface area contributed by atoms with Crippen molar-refractivity contribution in [3.05, 3.63) is 0 Å². The van der Waals surface area contributed by atoms with E-state index in [0.717, 1.165) is 7.05 Å². The number of nitrogens with zero attached hydrogens (tertiary/aromatic N) is 1. The van der Waals surface area contributed by atoms with Crippen LogP contribution in [0.25, 0.3) is 0 Å². The molecule has 1 amide bonds. The number of hydrogen-bond donors (Lipinski definition) is 2. The third-order valence-electron chi connectivity index (χ3n) is 1.19. The van der Waals surface area contributed by atoms with Crippen LogP contribution in [0.2, 0.25) is 0 Å². The van der Waals surface area contributed by atoms with Gasteiger partial charge >= 0.3 is 29.6 Å². The number of hydrogen-bond acceptors (Lipinski definition) is 4. The molecule has 0 rings (SSSR count). The van der Waals surface area contributed by atoms with Gasteiger partial charge in [0.1, 0.15) is 7.60 Å². The molecule has 0 aromatic heterocycles. The Labute approximate surface area is 98.3 Å². The summed E-state index contributed by atoms with van der Waals surface area (Å²) in [4.78, 5) is 29.1. The number of carbonyl (C=O) groups is 1. The molecule has 0 aromatic carbocycles. The van der Waals surface area contributed by atoms with E-state index in [-0.39, 0.29) is 42.4 Å². The first kappa shape index (κ1) is 16.0. The molecule has 0 heterocycles. The van der Waals surface area contributed by atoms with Crippen molar-refractivity contribution >= 4 is 13.5 Å². The Hall–Kier alpha value is 0.580. The Balaban J connectivity index is 0. The van der Waals surface area contributed by atoms with Gasteiger partial charge in [-0.1, -0.05) is 0 Å². The summed E-state index contributed by atoms with van der Waals surface area (Å²) in [5.41, 5.74) is 0. The van der Waals surface area contributed by atoms with Crippen LogP contribution in [0, 0.1) is 0 Å². The Bertz CT molecular complexity index is 203. The molecule has 0 aliphatic carbocycles. The van der Waals surface area contributed by atoms with E-state index in [0.29, 0.717) is 5.06 Å². The quantitative estimate of drug-likeness (QED) is 0.218. The van der Waals surface area contributed by atoms with Crippen LogP contribution in [-0.4, -0.2) is 34.3 Å². The van der Waals surface area contributed by atoms with E-state index < -0.39 is 19.7 Å². The fourth-order valence-electron chi connectivity index (χ4n) is 0.592. The Kier molecular flexibility index (Phi) is 8.57. The van der Waals surface area contributed by atoms with Gasteiger partial charge in [-0.15, -0.1) is 0 Å². The number of carbonyl (C=O) groups excluding carboxylic acids is 1. The Morgan fingerprint density at radius 2 is 2.08 bits per heavy atom. The van der Waals surface area contributed by atoms with E-state index in [4.69, 9.17) is 10.1 Å². The summed E-state index contributed by atoms with van der Waals surface area (Å²) in [7, 11) is -3.10. The molecule has 2 N–H and O–H groups in total. The summed E-state index contributed by atoms with van der Waals surface area (Å²) in [5, 5.41) is 8.91. The normalized spacial score (nSPS) is 14.2. The largest absolute Gasteiger partial charge is 1.00 e. The van der Waals surface area contributed by atoms with Crippen molar-refractivity contribution in [2.45, 2.75) is 12.8 Å². The molecule has 0 aliphatic rings. The fraction of sp³-hybridized carbons (Fsp3) is 0.800. The van der Waals surface area contributed by atoms with Gasteiger partial charge in [0.25, 0.3) is 0 Å². The standard InChI is InChI=1S/C5H12NO5P.Na/c1-6(8)5(7)3-2-4-12(9,10)11;/h8H,2-4H2,1H3,(H2,9,10,11);/q;+1/p-1. The molecule has 1 atom stereocenters. The van der Waals surface area contributed by atoms with E-state index >= 15 is 0 Å². The molecule has 0 aromatic rings. The van der Waals surface area contributed by atoms with Gasteiger partial charge in [-0.3, -0.25) is 10.0 Å². The zero-order chi connectivity index (χ0) is 9.78. The number of hydroxylamine groups is 2. The minimum Gasteiger partial charge on any atom is -0.779 e. The first-order valence-electron chi connectivity index (χ1n) is 3.31. The first-order valence-corrected chi connectivity index (χ1v) is 5.07. The zero-order valence-electron chi connectivity index (χ0n) is 7.63. The first-order chi connectivity index (χ1) is 5.33. The van der Waals surface area contributed by atoms with Crippen molar-refractivity contribution in [1.29, 1.82) is 0 Å². The summed E-state index contributed by atoms with van der Waals surface area (Å²) in [6.07, 6.45) is -0.520. The molecule has 0 saturated carbocycles. The van der Waals surface area contributed by atoms with Gasteiger partial charge < -0.3 is 14.4 Å². The van der Waals surface area contributed by atoms with Gasteiger partial charge in [0.15, 0.2) is 0 Å². The second-order valence-corrected chi connectivity index (χ2v) is 4.10. The molecule has 0 aliphatic heterocycles. The predicted octanol–water partition coefficient (Wildman–Crippen LogP) is -3.84. The van der Waals surface area contributed by atoms with Gasteiger partial charge in [0.05, 0.1) is 0 Å². The summed E-state index contributed by atoms with van der Waals surface area (Å²) < 4.78 is 10.2. The maximum Gasteiger partial charge on any atom is 1.00 e. The fourth-order valence-corrected chi connectivity index (χ4v) is 1.15. The van der Waals surface area contributed by atoms with Crippen LogP contribution in [0.5, 0.6) is 0 Å². The van der Waals surface area contributed by atoms with Crippen LogP contribution >= 0.6 is 7.60 Å². The number of amides is 1. The van der Waals surface area contributed by atoms with Gasteiger partial charge in [-0.25, -0.2) is 5.06 Å². The Morgan fingerprint density at radius 1 is 1.62 bits per heavy atom. The van der Waals surface area contributed by atoms with Crippen molar-refractivity contribution in [3.63, 3.8) is 0 Å². The molecular weight excluding hydrogens is 208 g/mol. The monoisotopic (exact) mass is 219 g/mol. The summed E-state index contributed by atoms with van der Waals surface area (Å²) in [6.45, 7) is 0. The average molecular weight is 219 g/mol.